The van der Waals surface area contributed by atoms with E-state index in [2.05, 4.69) is 36.4 Å². The van der Waals surface area contributed by atoms with Crippen molar-refractivity contribution < 1.29 is 4.79 Å². The molecule has 0 radical (unpaired) electrons. The number of rotatable bonds is 1. The lowest BCUT2D eigenvalue weighted by molar-refractivity contribution is -0.116. The predicted molar refractivity (Wildman–Crippen MR) is 69.0 cm³/mol. The summed E-state index contributed by atoms with van der Waals surface area (Å²) in [7, 11) is 0. The zero-order valence-corrected chi connectivity index (χ0v) is 10.6. The van der Waals surface area contributed by atoms with Crippen LogP contribution in [0.2, 0.25) is 0 Å². The molecule has 0 saturated carbocycles. The van der Waals surface area contributed by atoms with Gasteiger partial charge in [0.05, 0.1) is 17.6 Å². The normalized spacial score (nSPS) is 19.9. The molecule has 0 saturated heterocycles. The Hall–Kier alpha value is -1.58. The fourth-order valence-corrected chi connectivity index (χ4v) is 2.18. The van der Waals surface area contributed by atoms with Crippen LogP contribution in [0.15, 0.2) is 18.5 Å². The summed E-state index contributed by atoms with van der Waals surface area (Å²) in [6.45, 7) is 6.56. The first-order valence-electron chi connectivity index (χ1n) is 5.94. The number of carbonyl (C=O) groups is 1. The van der Waals surface area contributed by atoms with Gasteiger partial charge < -0.3 is 10.6 Å². The third-order valence-corrected chi connectivity index (χ3v) is 2.75. The van der Waals surface area contributed by atoms with Gasteiger partial charge in [0.1, 0.15) is 0 Å². The van der Waals surface area contributed by atoms with Gasteiger partial charge in [-0.3, -0.25) is 9.78 Å². The van der Waals surface area contributed by atoms with Crippen molar-refractivity contribution in [1.82, 2.24) is 4.98 Å². The second-order valence-electron chi connectivity index (χ2n) is 5.78. The Morgan fingerprint density at radius 2 is 2.18 bits per heavy atom. The third-order valence-electron chi connectivity index (χ3n) is 2.75. The van der Waals surface area contributed by atoms with E-state index in [1.165, 1.54) is 0 Å². The number of amides is 1. The predicted octanol–water partition coefficient (Wildman–Crippen LogP) is 2.64. The van der Waals surface area contributed by atoms with Crippen LogP contribution < -0.4 is 10.6 Å². The number of carbonyl (C=O) groups excluding carboxylic acids is 1. The lowest BCUT2D eigenvalue weighted by Crippen LogP contribution is -2.27. The van der Waals surface area contributed by atoms with Crippen LogP contribution in [0.5, 0.6) is 0 Å². The third kappa shape index (κ3) is 3.19. The Morgan fingerprint density at radius 1 is 1.41 bits per heavy atom. The smallest absolute Gasteiger partial charge is 0.226 e. The highest BCUT2D eigenvalue weighted by Gasteiger charge is 2.24. The fourth-order valence-electron chi connectivity index (χ4n) is 2.18. The summed E-state index contributed by atoms with van der Waals surface area (Å²) in [5.41, 5.74) is 1.93. The van der Waals surface area contributed by atoms with E-state index in [9.17, 15) is 4.79 Å². The van der Waals surface area contributed by atoms with Crippen molar-refractivity contribution in [1.29, 1.82) is 0 Å². The minimum atomic E-state index is 0.0542. The van der Waals surface area contributed by atoms with Gasteiger partial charge in [-0.25, -0.2) is 0 Å². The van der Waals surface area contributed by atoms with Crippen LogP contribution in [-0.2, 0) is 4.79 Å². The van der Waals surface area contributed by atoms with Gasteiger partial charge in [0.25, 0.3) is 0 Å². The van der Waals surface area contributed by atoms with Crippen molar-refractivity contribution in [2.75, 3.05) is 10.6 Å². The van der Waals surface area contributed by atoms with Crippen molar-refractivity contribution in [3.8, 4) is 0 Å². The summed E-state index contributed by atoms with van der Waals surface area (Å²) in [5, 5.41) is 6.30. The molecule has 1 aliphatic rings. The zero-order valence-electron chi connectivity index (χ0n) is 10.6. The fraction of sp³-hybridized carbons (Fsp3) is 0.538. The van der Waals surface area contributed by atoms with Crippen LogP contribution in [0.1, 0.15) is 33.6 Å². The molecule has 92 valence electrons. The van der Waals surface area contributed by atoms with Gasteiger partial charge in [-0.05, 0) is 17.9 Å². The number of hydrogen-bond acceptors (Lipinski definition) is 3. The average Bonchev–Trinajstić information content (AvgIpc) is 2.32. The molecule has 2 N–H and O–H groups in total. The Kier molecular flexibility index (Phi) is 3.05. The molecule has 4 heteroatoms. The number of pyridine rings is 1. The average molecular weight is 233 g/mol. The van der Waals surface area contributed by atoms with Crippen molar-refractivity contribution in [3.05, 3.63) is 18.5 Å². The highest BCUT2D eigenvalue weighted by Crippen LogP contribution is 2.29. The second-order valence-corrected chi connectivity index (χ2v) is 5.78. The van der Waals surface area contributed by atoms with Crippen molar-refractivity contribution >= 4 is 17.3 Å². The molecule has 1 amide bonds. The maximum atomic E-state index is 11.8. The topological polar surface area (TPSA) is 54.0 Å². The summed E-state index contributed by atoms with van der Waals surface area (Å²) in [4.78, 5) is 15.8. The minimum absolute atomic E-state index is 0.0542. The Morgan fingerprint density at radius 3 is 2.88 bits per heavy atom. The van der Waals surface area contributed by atoms with Gasteiger partial charge in [0.2, 0.25) is 5.91 Å². The Balaban J connectivity index is 2.20. The largest absolute Gasteiger partial charge is 0.380 e. The van der Waals surface area contributed by atoms with E-state index in [-0.39, 0.29) is 17.4 Å². The van der Waals surface area contributed by atoms with Gasteiger partial charge in [0.15, 0.2) is 0 Å². The van der Waals surface area contributed by atoms with Crippen LogP contribution in [0.3, 0.4) is 0 Å². The lowest BCUT2D eigenvalue weighted by Gasteiger charge is -2.25. The molecule has 2 heterocycles. The Bertz CT molecular complexity index is 423. The van der Waals surface area contributed by atoms with Crippen LogP contribution in [0.25, 0.3) is 0 Å². The van der Waals surface area contributed by atoms with Crippen molar-refractivity contribution in [3.63, 3.8) is 0 Å². The van der Waals surface area contributed by atoms with Crippen LogP contribution in [0, 0.1) is 5.41 Å². The maximum absolute atomic E-state index is 11.8. The van der Waals surface area contributed by atoms with E-state index in [0.29, 0.717) is 6.42 Å². The van der Waals surface area contributed by atoms with E-state index in [1.807, 2.05) is 6.07 Å². The summed E-state index contributed by atoms with van der Waals surface area (Å²) in [6.07, 6.45) is 4.88. The first kappa shape index (κ1) is 11.9. The molecule has 2 rings (SSSR count). The monoisotopic (exact) mass is 233 g/mol. The highest BCUT2D eigenvalue weighted by molar-refractivity contribution is 5.96. The van der Waals surface area contributed by atoms with E-state index in [0.717, 1.165) is 17.8 Å². The van der Waals surface area contributed by atoms with E-state index in [4.69, 9.17) is 0 Å². The molecule has 0 bridgehead atoms. The molecule has 1 atom stereocenters. The lowest BCUT2D eigenvalue weighted by atomic mass is 9.87. The molecule has 0 spiro atoms. The SMILES string of the molecule is CC(C)(C)CC1CC(=O)Nc2cnccc2N1. The molecule has 4 nitrogen and oxygen atoms in total. The molecular formula is C13H19N3O. The van der Waals surface area contributed by atoms with Gasteiger partial charge in [0, 0.05) is 18.7 Å². The molecule has 0 aliphatic carbocycles. The molecule has 1 unspecified atom stereocenters. The summed E-state index contributed by atoms with van der Waals surface area (Å²) >= 11 is 0. The van der Waals surface area contributed by atoms with E-state index in [1.54, 1.807) is 12.4 Å². The van der Waals surface area contributed by atoms with Crippen molar-refractivity contribution in [2.45, 2.75) is 39.7 Å². The maximum Gasteiger partial charge on any atom is 0.226 e. The standard InChI is InChI=1S/C13H19N3O/c1-13(2,3)7-9-6-12(17)16-11-8-14-5-4-10(11)15-9/h4-5,8-9,15H,6-7H2,1-3H3,(H,16,17). The van der Waals surface area contributed by atoms with Gasteiger partial charge >= 0.3 is 0 Å². The molecule has 17 heavy (non-hydrogen) atoms. The molecule has 0 aromatic carbocycles. The van der Waals surface area contributed by atoms with Crippen LogP contribution >= 0.6 is 0 Å². The first-order chi connectivity index (χ1) is 7.94. The molecule has 0 fully saturated rings. The number of hydrogen-bond donors (Lipinski definition) is 2. The molecule has 1 aliphatic heterocycles. The first-order valence-corrected chi connectivity index (χ1v) is 5.94. The van der Waals surface area contributed by atoms with Crippen LogP contribution in [0.4, 0.5) is 11.4 Å². The van der Waals surface area contributed by atoms with E-state index < -0.39 is 0 Å². The van der Waals surface area contributed by atoms with Gasteiger partial charge in [-0.2, -0.15) is 0 Å². The van der Waals surface area contributed by atoms with Crippen molar-refractivity contribution in [2.24, 2.45) is 5.41 Å². The van der Waals surface area contributed by atoms with E-state index >= 15 is 0 Å². The zero-order chi connectivity index (χ0) is 12.5. The second kappa shape index (κ2) is 4.35. The summed E-state index contributed by atoms with van der Waals surface area (Å²) in [5.74, 6) is 0.0542. The number of anilines is 2. The summed E-state index contributed by atoms with van der Waals surface area (Å²) < 4.78 is 0. The molecule has 1 aromatic rings. The molecule has 1 aromatic heterocycles. The number of nitrogens with zero attached hydrogens (tertiary/aromatic N) is 1. The quantitative estimate of drug-likeness (QED) is 0.784. The van der Waals surface area contributed by atoms with Gasteiger partial charge in [-0.15, -0.1) is 0 Å². The number of nitrogens with one attached hydrogen (secondary N) is 2. The molecular weight excluding hydrogens is 214 g/mol. The Labute approximate surface area is 102 Å². The van der Waals surface area contributed by atoms with Gasteiger partial charge in [-0.1, -0.05) is 20.8 Å². The van der Waals surface area contributed by atoms with Crippen LogP contribution in [-0.4, -0.2) is 16.9 Å². The number of aromatic nitrogens is 1. The number of fused-ring (bicyclic) bond motifs is 1. The highest BCUT2D eigenvalue weighted by atomic mass is 16.1. The minimum Gasteiger partial charge on any atom is -0.380 e. The summed E-state index contributed by atoms with van der Waals surface area (Å²) in [6, 6.07) is 2.08.